The molecule has 1 aromatic heterocycles. The molecule has 4 rings (SSSR count). The summed E-state index contributed by atoms with van der Waals surface area (Å²) in [4.78, 5) is 12.7. The Balaban J connectivity index is 1.47. The minimum absolute atomic E-state index is 0.104. The van der Waals surface area contributed by atoms with E-state index in [0.717, 1.165) is 36.2 Å². The third-order valence-corrected chi connectivity index (χ3v) is 5.98. The molecule has 1 heterocycles. The molecular formula is C25H29FN4O. The van der Waals surface area contributed by atoms with Crippen molar-refractivity contribution < 1.29 is 9.18 Å². The zero-order valence-electron chi connectivity index (χ0n) is 17.9. The summed E-state index contributed by atoms with van der Waals surface area (Å²) in [6.45, 7) is 2.21. The van der Waals surface area contributed by atoms with Gasteiger partial charge in [0.2, 0.25) is 5.91 Å². The predicted octanol–water partition coefficient (Wildman–Crippen LogP) is 5.02. The van der Waals surface area contributed by atoms with Crippen LogP contribution in [0.15, 0.2) is 60.8 Å². The van der Waals surface area contributed by atoms with Crippen LogP contribution in [0.5, 0.6) is 0 Å². The average Bonchev–Trinajstić information content (AvgIpc) is 3.46. The second-order valence-corrected chi connectivity index (χ2v) is 8.11. The molecule has 5 nitrogen and oxygen atoms in total. The summed E-state index contributed by atoms with van der Waals surface area (Å²) < 4.78 is 15.8. The Morgan fingerprint density at radius 3 is 2.61 bits per heavy atom. The van der Waals surface area contributed by atoms with E-state index in [1.54, 1.807) is 12.3 Å². The summed E-state index contributed by atoms with van der Waals surface area (Å²) in [5.41, 5.74) is 3.01. The van der Waals surface area contributed by atoms with Crippen LogP contribution in [0.4, 0.5) is 10.2 Å². The lowest BCUT2D eigenvalue weighted by atomic mass is 9.97. The number of rotatable bonds is 8. The van der Waals surface area contributed by atoms with Crippen molar-refractivity contribution >= 4 is 11.7 Å². The molecule has 0 saturated heterocycles. The van der Waals surface area contributed by atoms with Gasteiger partial charge in [0.25, 0.3) is 0 Å². The smallest absolute Gasteiger partial charge is 0.239 e. The Kier molecular flexibility index (Phi) is 6.77. The highest BCUT2D eigenvalue weighted by atomic mass is 19.1. The highest BCUT2D eigenvalue weighted by molar-refractivity contribution is 5.91. The quantitative estimate of drug-likeness (QED) is 0.538. The molecule has 2 N–H and O–H groups in total. The molecule has 31 heavy (non-hydrogen) atoms. The number of halogens is 1. The van der Waals surface area contributed by atoms with Crippen molar-refractivity contribution in [3.8, 4) is 0 Å². The predicted molar refractivity (Wildman–Crippen MR) is 120 cm³/mol. The van der Waals surface area contributed by atoms with Gasteiger partial charge in [0.1, 0.15) is 11.6 Å². The fraction of sp³-hybridized carbons (Fsp3) is 0.360. The Labute approximate surface area is 182 Å². The minimum Gasteiger partial charge on any atom is -0.310 e. The van der Waals surface area contributed by atoms with Crippen molar-refractivity contribution in [3.63, 3.8) is 0 Å². The number of benzene rings is 2. The van der Waals surface area contributed by atoms with Gasteiger partial charge in [-0.25, -0.2) is 9.07 Å². The van der Waals surface area contributed by atoms with Crippen molar-refractivity contribution in [1.29, 1.82) is 0 Å². The fourth-order valence-corrected chi connectivity index (χ4v) is 4.29. The monoisotopic (exact) mass is 420 g/mol. The number of anilines is 1. The van der Waals surface area contributed by atoms with Crippen LogP contribution in [0.1, 0.15) is 61.4 Å². The molecule has 0 bridgehead atoms. The van der Waals surface area contributed by atoms with Crippen LogP contribution < -0.4 is 10.6 Å². The van der Waals surface area contributed by atoms with Gasteiger partial charge in [-0.1, -0.05) is 56.2 Å². The molecule has 6 heteroatoms. The number of carbonyl (C=O) groups excluding carboxylic acids is 1. The molecule has 1 fully saturated rings. The van der Waals surface area contributed by atoms with Crippen molar-refractivity contribution in [1.82, 2.24) is 15.1 Å². The van der Waals surface area contributed by atoms with E-state index in [1.165, 1.54) is 30.5 Å². The lowest BCUT2D eigenvalue weighted by Gasteiger charge is -2.21. The highest BCUT2D eigenvalue weighted by Gasteiger charge is 2.21. The summed E-state index contributed by atoms with van der Waals surface area (Å²) in [6.07, 6.45) is 7.27. The number of carbonyl (C=O) groups is 1. The normalized spacial score (nSPS) is 15.2. The van der Waals surface area contributed by atoms with Crippen LogP contribution in [0.3, 0.4) is 0 Å². The maximum Gasteiger partial charge on any atom is 0.239 e. The van der Waals surface area contributed by atoms with E-state index in [1.807, 2.05) is 28.9 Å². The first-order chi connectivity index (χ1) is 15.1. The largest absolute Gasteiger partial charge is 0.310 e. The van der Waals surface area contributed by atoms with Crippen molar-refractivity contribution in [2.45, 2.75) is 51.1 Å². The van der Waals surface area contributed by atoms with E-state index >= 15 is 0 Å². The first kappa shape index (κ1) is 21.2. The molecule has 0 radical (unpaired) electrons. The second kappa shape index (κ2) is 9.88. The van der Waals surface area contributed by atoms with Gasteiger partial charge >= 0.3 is 0 Å². The van der Waals surface area contributed by atoms with E-state index in [0.29, 0.717) is 6.04 Å². The molecule has 2 aromatic carbocycles. The third-order valence-electron chi connectivity index (χ3n) is 5.98. The van der Waals surface area contributed by atoms with Crippen LogP contribution in [0.2, 0.25) is 0 Å². The van der Waals surface area contributed by atoms with Crippen molar-refractivity contribution in [3.05, 3.63) is 83.3 Å². The van der Waals surface area contributed by atoms with Gasteiger partial charge in [0.15, 0.2) is 0 Å². The van der Waals surface area contributed by atoms with Gasteiger partial charge in [-0.05, 0) is 48.1 Å². The lowest BCUT2D eigenvalue weighted by molar-refractivity contribution is -0.115. The maximum atomic E-state index is 13.9. The summed E-state index contributed by atoms with van der Waals surface area (Å²) in [6, 6.07) is 16.6. The van der Waals surface area contributed by atoms with E-state index < -0.39 is 0 Å². The van der Waals surface area contributed by atoms with E-state index in [9.17, 15) is 9.18 Å². The van der Waals surface area contributed by atoms with Gasteiger partial charge in [-0.2, -0.15) is 5.10 Å². The zero-order valence-corrected chi connectivity index (χ0v) is 17.9. The molecule has 0 spiro atoms. The van der Waals surface area contributed by atoms with Gasteiger partial charge in [0.05, 0.1) is 24.8 Å². The van der Waals surface area contributed by atoms with Gasteiger partial charge in [-0.15, -0.1) is 0 Å². The third kappa shape index (κ3) is 5.20. The average molecular weight is 421 g/mol. The number of nitrogens with one attached hydrogen (secondary N) is 2. The number of amides is 1. The van der Waals surface area contributed by atoms with Crippen LogP contribution in [0.25, 0.3) is 0 Å². The molecule has 1 atom stereocenters. The van der Waals surface area contributed by atoms with Crippen LogP contribution in [0, 0.1) is 5.82 Å². The number of hydrogen-bond acceptors (Lipinski definition) is 3. The summed E-state index contributed by atoms with van der Waals surface area (Å²) in [5, 5.41) is 10.7. The van der Waals surface area contributed by atoms with Crippen molar-refractivity contribution in [2.75, 3.05) is 11.9 Å². The first-order valence-corrected chi connectivity index (χ1v) is 11.0. The SMILES string of the molecule is CCc1ccc(C(NCC(=O)Nc2ccnn2C2CCCC2)c2cccc(F)c2)cc1. The topological polar surface area (TPSA) is 59.0 Å². The van der Waals surface area contributed by atoms with Gasteiger partial charge in [0, 0.05) is 6.07 Å². The molecule has 1 aliphatic carbocycles. The summed E-state index contributed by atoms with van der Waals surface area (Å²) in [5.74, 6) is 0.291. The molecule has 1 aliphatic rings. The second-order valence-electron chi connectivity index (χ2n) is 8.11. The molecule has 0 aliphatic heterocycles. The minimum atomic E-state index is -0.292. The Bertz CT molecular complexity index is 1010. The standard InChI is InChI=1S/C25H29FN4O/c1-2-18-10-12-19(13-11-18)25(20-6-5-7-21(26)16-20)27-17-24(31)29-23-14-15-28-30(23)22-8-3-4-9-22/h5-7,10-16,22,25,27H,2-4,8-9,17H2,1H3,(H,29,31). The fourth-order valence-electron chi connectivity index (χ4n) is 4.29. The van der Waals surface area contributed by atoms with E-state index in [2.05, 4.69) is 34.8 Å². The van der Waals surface area contributed by atoms with Gasteiger partial charge in [-0.3, -0.25) is 10.1 Å². The highest BCUT2D eigenvalue weighted by Crippen LogP contribution is 2.31. The molecular weight excluding hydrogens is 391 g/mol. The number of aryl methyl sites for hydroxylation is 1. The number of aromatic nitrogens is 2. The van der Waals surface area contributed by atoms with Crippen LogP contribution in [-0.4, -0.2) is 22.2 Å². The Morgan fingerprint density at radius 1 is 1.13 bits per heavy atom. The molecule has 162 valence electrons. The zero-order chi connectivity index (χ0) is 21.6. The van der Waals surface area contributed by atoms with E-state index in [-0.39, 0.29) is 24.3 Å². The molecule has 3 aromatic rings. The Hall–Kier alpha value is -2.99. The maximum absolute atomic E-state index is 13.9. The van der Waals surface area contributed by atoms with Crippen molar-refractivity contribution in [2.24, 2.45) is 0 Å². The summed E-state index contributed by atoms with van der Waals surface area (Å²) in [7, 11) is 0. The Morgan fingerprint density at radius 2 is 1.90 bits per heavy atom. The van der Waals surface area contributed by atoms with E-state index in [4.69, 9.17) is 0 Å². The lowest BCUT2D eigenvalue weighted by Crippen LogP contribution is -2.32. The van der Waals surface area contributed by atoms with Crippen LogP contribution >= 0.6 is 0 Å². The van der Waals surface area contributed by atoms with Gasteiger partial charge < -0.3 is 5.32 Å². The molecule has 1 amide bonds. The first-order valence-electron chi connectivity index (χ1n) is 11.0. The molecule has 1 saturated carbocycles. The molecule has 1 unspecified atom stereocenters. The van der Waals surface area contributed by atoms with Crippen LogP contribution in [-0.2, 0) is 11.2 Å². The summed E-state index contributed by atoms with van der Waals surface area (Å²) >= 11 is 0. The number of nitrogens with zero attached hydrogens (tertiary/aromatic N) is 2. The number of hydrogen-bond donors (Lipinski definition) is 2.